The van der Waals surface area contributed by atoms with Crippen LogP contribution in [0.5, 0.6) is 0 Å². The van der Waals surface area contributed by atoms with Crippen LogP contribution in [-0.4, -0.2) is 37.6 Å². The molecular weight excluding hydrogens is 274 g/mol. The van der Waals surface area contributed by atoms with E-state index in [1.54, 1.807) is 0 Å². The van der Waals surface area contributed by atoms with Crippen molar-refractivity contribution in [2.24, 2.45) is 0 Å². The number of hydrogen-bond donors (Lipinski definition) is 2. The molecule has 2 aliphatic heterocycles. The van der Waals surface area contributed by atoms with Gasteiger partial charge in [0.05, 0.1) is 16.8 Å². The molecule has 20 heavy (non-hydrogen) atoms. The van der Waals surface area contributed by atoms with E-state index in [1.165, 1.54) is 0 Å². The normalized spacial score (nSPS) is 23.9. The Morgan fingerprint density at radius 1 is 1.20 bits per heavy atom. The molecule has 2 heterocycles. The smallest absolute Gasteiger partial charge is 0.237 e. The first-order valence-electron chi connectivity index (χ1n) is 7.27. The van der Waals surface area contributed by atoms with E-state index < -0.39 is 0 Å². The van der Waals surface area contributed by atoms with Crippen LogP contribution in [0, 0.1) is 0 Å². The molecule has 2 fully saturated rings. The lowest BCUT2D eigenvalue weighted by Crippen LogP contribution is -2.48. The molecule has 3 rings (SSSR count). The predicted molar refractivity (Wildman–Crippen MR) is 81.2 cm³/mol. The van der Waals surface area contributed by atoms with E-state index >= 15 is 0 Å². The van der Waals surface area contributed by atoms with E-state index in [-0.39, 0.29) is 11.9 Å². The molecule has 1 aromatic rings. The molecule has 0 aliphatic carbocycles. The zero-order chi connectivity index (χ0) is 13.9. The van der Waals surface area contributed by atoms with Crippen molar-refractivity contribution in [1.29, 1.82) is 0 Å². The third kappa shape index (κ3) is 2.91. The highest BCUT2D eigenvalue weighted by molar-refractivity contribution is 6.33. The molecule has 0 unspecified atom stereocenters. The van der Waals surface area contributed by atoms with Gasteiger partial charge in [0, 0.05) is 25.7 Å². The van der Waals surface area contributed by atoms with Gasteiger partial charge in [0.1, 0.15) is 0 Å². The van der Waals surface area contributed by atoms with Crippen LogP contribution in [0.4, 0.5) is 5.69 Å². The fourth-order valence-electron chi connectivity index (χ4n) is 3.03. The van der Waals surface area contributed by atoms with Gasteiger partial charge in [-0.3, -0.25) is 4.79 Å². The van der Waals surface area contributed by atoms with Crippen molar-refractivity contribution in [2.45, 2.75) is 31.3 Å². The second-order valence-corrected chi connectivity index (χ2v) is 5.92. The average molecular weight is 294 g/mol. The summed E-state index contributed by atoms with van der Waals surface area (Å²) in [5, 5.41) is 7.17. The maximum absolute atomic E-state index is 11.6. The van der Waals surface area contributed by atoms with Crippen molar-refractivity contribution < 1.29 is 4.79 Å². The summed E-state index contributed by atoms with van der Waals surface area (Å²) in [5.74, 6) is 0.151. The highest BCUT2D eigenvalue weighted by Gasteiger charge is 2.28. The maximum Gasteiger partial charge on any atom is 0.237 e. The van der Waals surface area contributed by atoms with Gasteiger partial charge in [0.2, 0.25) is 5.91 Å². The minimum absolute atomic E-state index is 0.00635. The van der Waals surface area contributed by atoms with Gasteiger partial charge in [0.15, 0.2) is 0 Å². The Labute approximate surface area is 124 Å². The Morgan fingerprint density at radius 3 is 2.60 bits per heavy atom. The van der Waals surface area contributed by atoms with Crippen LogP contribution in [0.1, 0.15) is 19.3 Å². The number of nitrogens with one attached hydrogen (secondary N) is 2. The van der Waals surface area contributed by atoms with Gasteiger partial charge in [-0.1, -0.05) is 23.7 Å². The van der Waals surface area contributed by atoms with Crippen molar-refractivity contribution in [3.8, 4) is 0 Å². The Kier molecular flexibility index (Phi) is 4.13. The monoisotopic (exact) mass is 293 g/mol. The number of rotatable bonds is 3. The SMILES string of the molecule is O=C1NCC[C@H]1NC1CCN(c2ccccc2Cl)CC1. The summed E-state index contributed by atoms with van der Waals surface area (Å²) in [5.41, 5.74) is 1.12. The number of carbonyl (C=O) groups is 1. The predicted octanol–water partition coefficient (Wildman–Crippen LogP) is 1.79. The second-order valence-electron chi connectivity index (χ2n) is 5.51. The number of benzene rings is 1. The number of amides is 1. The number of piperidine rings is 1. The third-order valence-corrected chi connectivity index (χ3v) is 4.49. The molecule has 0 aromatic heterocycles. The fraction of sp³-hybridized carbons (Fsp3) is 0.533. The highest BCUT2D eigenvalue weighted by atomic mass is 35.5. The Hall–Kier alpha value is -1.26. The average Bonchev–Trinajstić information content (AvgIpc) is 2.86. The summed E-state index contributed by atoms with van der Waals surface area (Å²) < 4.78 is 0. The van der Waals surface area contributed by atoms with Crippen LogP contribution >= 0.6 is 11.6 Å². The van der Waals surface area contributed by atoms with E-state index in [1.807, 2.05) is 18.2 Å². The Bertz CT molecular complexity index is 486. The van der Waals surface area contributed by atoms with E-state index in [0.717, 1.165) is 49.6 Å². The molecule has 4 nitrogen and oxygen atoms in total. The summed E-state index contributed by atoms with van der Waals surface area (Å²) in [6, 6.07) is 8.42. The van der Waals surface area contributed by atoms with Crippen LogP contribution in [0.2, 0.25) is 5.02 Å². The number of halogens is 1. The Morgan fingerprint density at radius 2 is 1.95 bits per heavy atom. The van der Waals surface area contributed by atoms with Crippen LogP contribution in [0.15, 0.2) is 24.3 Å². The lowest BCUT2D eigenvalue weighted by molar-refractivity contribution is -0.121. The number of carbonyl (C=O) groups excluding carboxylic acids is 1. The lowest BCUT2D eigenvalue weighted by atomic mass is 10.0. The molecule has 1 atom stereocenters. The van der Waals surface area contributed by atoms with E-state index in [9.17, 15) is 4.79 Å². The number of nitrogens with zero attached hydrogens (tertiary/aromatic N) is 1. The molecule has 2 saturated heterocycles. The second kappa shape index (κ2) is 6.02. The highest BCUT2D eigenvalue weighted by Crippen LogP contribution is 2.27. The van der Waals surface area contributed by atoms with Gasteiger partial charge >= 0.3 is 0 Å². The van der Waals surface area contributed by atoms with E-state index in [4.69, 9.17) is 11.6 Å². The molecule has 2 N–H and O–H groups in total. The quantitative estimate of drug-likeness (QED) is 0.893. The Balaban J connectivity index is 1.54. The zero-order valence-electron chi connectivity index (χ0n) is 11.4. The van der Waals surface area contributed by atoms with Crippen molar-refractivity contribution in [3.05, 3.63) is 29.3 Å². The molecule has 0 saturated carbocycles. The molecule has 1 amide bonds. The van der Waals surface area contributed by atoms with Crippen molar-refractivity contribution in [3.63, 3.8) is 0 Å². The third-order valence-electron chi connectivity index (χ3n) is 4.17. The summed E-state index contributed by atoms with van der Waals surface area (Å²) >= 11 is 6.24. The lowest BCUT2D eigenvalue weighted by Gasteiger charge is -2.35. The van der Waals surface area contributed by atoms with Gasteiger partial charge < -0.3 is 15.5 Å². The standard InChI is InChI=1S/C15H20ClN3O/c16-12-3-1-2-4-14(12)19-9-6-11(7-10-19)18-13-5-8-17-15(13)20/h1-4,11,13,18H,5-10H2,(H,17,20)/t13-/m1/s1. The van der Waals surface area contributed by atoms with Crippen molar-refractivity contribution in [2.75, 3.05) is 24.5 Å². The minimum Gasteiger partial charge on any atom is -0.370 e. The first-order chi connectivity index (χ1) is 9.74. The number of para-hydroxylation sites is 1. The summed E-state index contributed by atoms with van der Waals surface area (Å²) in [7, 11) is 0. The first-order valence-corrected chi connectivity index (χ1v) is 7.65. The van der Waals surface area contributed by atoms with Crippen LogP contribution < -0.4 is 15.5 Å². The van der Waals surface area contributed by atoms with Gasteiger partial charge in [0.25, 0.3) is 0 Å². The molecule has 0 bridgehead atoms. The largest absolute Gasteiger partial charge is 0.370 e. The van der Waals surface area contributed by atoms with Gasteiger partial charge in [-0.25, -0.2) is 0 Å². The molecule has 5 heteroatoms. The van der Waals surface area contributed by atoms with Crippen molar-refractivity contribution >= 4 is 23.2 Å². The fourth-order valence-corrected chi connectivity index (χ4v) is 3.29. The van der Waals surface area contributed by atoms with Crippen LogP contribution in [0.25, 0.3) is 0 Å². The molecule has 0 radical (unpaired) electrons. The van der Waals surface area contributed by atoms with Crippen LogP contribution in [0.3, 0.4) is 0 Å². The molecular formula is C15H20ClN3O. The molecule has 0 spiro atoms. The van der Waals surface area contributed by atoms with E-state index in [2.05, 4.69) is 21.6 Å². The van der Waals surface area contributed by atoms with E-state index in [0.29, 0.717) is 6.04 Å². The maximum atomic E-state index is 11.6. The topological polar surface area (TPSA) is 44.4 Å². The zero-order valence-corrected chi connectivity index (χ0v) is 12.2. The summed E-state index contributed by atoms with van der Waals surface area (Å²) in [6.07, 6.45) is 3.01. The molecule has 108 valence electrons. The summed E-state index contributed by atoms with van der Waals surface area (Å²) in [6.45, 7) is 2.76. The molecule has 2 aliphatic rings. The van der Waals surface area contributed by atoms with Crippen molar-refractivity contribution in [1.82, 2.24) is 10.6 Å². The van der Waals surface area contributed by atoms with Gasteiger partial charge in [-0.05, 0) is 31.4 Å². The summed E-state index contributed by atoms with van der Waals surface area (Å²) in [4.78, 5) is 13.9. The minimum atomic E-state index is 0.00635. The van der Waals surface area contributed by atoms with Gasteiger partial charge in [-0.15, -0.1) is 0 Å². The first kappa shape index (κ1) is 13.7. The number of anilines is 1. The molecule has 1 aromatic carbocycles. The number of hydrogen-bond acceptors (Lipinski definition) is 3. The van der Waals surface area contributed by atoms with Gasteiger partial charge in [-0.2, -0.15) is 0 Å². The van der Waals surface area contributed by atoms with Crippen LogP contribution in [-0.2, 0) is 4.79 Å².